The topological polar surface area (TPSA) is 89.6 Å². The number of hydrogen-bond donors (Lipinski definition) is 2. The molecule has 5 rings (SSSR count). The van der Waals surface area contributed by atoms with Crippen LogP contribution in [0.3, 0.4) is 0 Å². The van der Waals surface area contributed by atoms with E-state index in [1.807, 2.05) is 19.1 Å². The van der Waals surface area contributed by atoms with E-state index in [4.69, 9.17) is 4.74 Å². The van der Waals surface area contributed by atoms with E-state index in [1.54, 1.807) is 26.2 Å². The quantitative estimate of drug-likeness (QED) is 0.338. The minimum Gasteiger partial charge on any atom is -0.435 e. The van der Waals surface area contributed by atoms with Crippen LogP contribution in [0.1, 0.15) is 28.5 Å². The van der Waals surface area contributed by atoms with Crippen LogP contribution in [0.2, 0.25) is 0 Å². The predicted molar refractivity (Wildman–Crippen MR) is 150 cm³/mol. The van der Waals surface area contributed by atoms with E-state index in [-0.39, 0.29) is 28.9 Å². The number of hydrogen-bond acceptors (Lipinski definition) is 7. The molecule has 1 saturated heterocycles. The van der Waals surface area contributed by atoms with Crippen LogP contribution in [0.4, 0.5) is 15.9 Å². The number of piperazine rings is 1. The molecule has 1 fully saturated rings. The van der Waals surface area contributed by atoms with Crippen molar-refractivity contribution in [3.63, 3.8) is 0 Å². The van der Waals surface area contributed by atoms with Crippen molar-refractivity contribution < 1.29 is 13.9 Å². The molecule has 0 spiro atoms. The summed E-state index contributed by atoms with van der Waals surface area (Å²) in [6.45, 7) is 10.4. The Morgan fingerprint density at radius 1 is 1.08 bits per heavy atom. The maximum Gasteiger partial charge on any atom is 0.262 e. The van der Waals surface area contributed by atoms with Crippen LogP contribution >= 0.6 is 0 Å². The number of aromatic nitrogens is 3. The molecule has 4 aromatic rings. The lowest BCUT2D eigenvalue weighted by Gasteiger charge is -2.34. The number of fused-ring (bicyclic) bond motifs is 1. The molecule has 3 heterocycles. The van der Waals surface area contributed by atoms with Crippen molar-refractivity contribution in [3.05, 3.63) is 71.4 Å². The zero-order chi connectivity index (χ0) is 27.5. The second kappa shape index (κ2) is 11.4. The third kappa shape index (κ3) is 5.86. The molecule has 0 radical (unpaired) electrons. The first-order valence-corrected chi connectivity index (χ1v) is 13.2. The van der Waals surface area contributed by atoms with Gasteiger partial charge in [-0.15, -0.1) is 0 Å². The van der Waals surface area contributed by atoms with Crippen molar-refractivity contribution in [3.8, 4) is 11.6 Å². The second-order valence-electron chi connectivity index (χ2n) is 10.0. The lowest BCUT2D eigenvalue weighted by atomic mass is 10.1. The van der Waals surface area contributed by atoms with E-state index in [2.05, 4.69) is 49.1 Å². The van der Waals surface area contributed by atoms with Gasteiger partial charge < -0.3 is 24.8 Å². The number of amides is 1. The van der Waals surface area contributed by atoms with Crippen molar-refractivity contribution in [1.29, 1.82) is 0 Å². The van der Waals surface area contributed by atoms with Crippen LogP contribution in [0.15, 0.2) is 48.8 Å². The summed E-state index contributed by atoms with van der Waals surface area (Å²) in [5.74, 6) is -0.668. The fourth-order valence-corrected chi connectivity index (χ4v) is 4.78. The molecular weight excluding hydrogens is 497 g/mol. The molecule has 0 aliphatic carbocycles. The van der Waals surface area contributed by atoms with E-state index in [0.29, 0.717) is 10.9 Å². The van der Waals surface area contributed by atoms with Crippen LogP contribution in [0.25, 0.3) is 10.9 Å². The molecule has 0 atom stereocenters. The monoisotopic (exact) mass is 531 g/mol. The minimum atomic E-state index is -0.528. The number of ether oxygens (including phenoxy) is 1. The smallest absolute Gasteiger partial charge is 0.262 e. The van der Waals surface area contributed by atoms with E-state index in [9.17, 15) is 4.79 Å². The number of benzene rings is 2. The van der Waals surface area contributed by atoms with Gasteiger partial charge in [-0.2, -0.15) is 0 Å². The van der Waals surface area contributed by atoms with Gasteiger partial charge in [-0.1, -0.05) is 19.1 Å². The number of likely N-dealkylation sites (N-methyl/N-ethyl adjacent to an activating group) is 1. The molecular formula is C29H34FN7O2. The Bertz CT molecular complexity index is 1460. The Balaban J connectivity index is 1.37. The summed E-state index contributed by atoms with van der Waals surface area (Å²) < 4.78 is 21.1. The largest absolute Gasteiger partial charge is 0.435 e. The summed E-state index contributed by atoms with van der Waals surface area (Å²) in [6.07, 6.45) is 1.30. The highest BCUT2D eigenvalue weighted by molar-refractivity contribution is 6.01. The summed E-state index contributed by atoms with van der Waals surface area (Å²) in [7, 11) is 3.26. The van der Waals surface area contributed by atoms with Crippen LogP contribution in [0.5, 0.6) is 11.6 Å². The van der Waals surface area contributed by atoms with Crippen LogP contribution in [0, 0.1) is 12.7 Å². The SMILES string of the molecule is CCN1CCN(Cc2ccc(Nc3ncnc(Oc4ccc5[nH]c(C)cc5c4F)c3C(=O)N(C)C)cc2)CC1. The fraction of sp³-hybridized carbons (Fsp3) is 0.345. The summed E-state index contributed by atoms with van der Waals surface area (Å²) in [5.41, 5.74) is 3.60. The number of carbonyl (C=O) groups is 1. The van der Waals surface area contributed by atoms with Gasteiger partial charge in [-0.05, 0) is 49.4 Å². The number of halogens is 1. The van der Waals surface area contributed by atoms with Crippen molar-refractivity contribution in [2.45, 2.75) is 20.4 Å². The lowest BCUT2D eigenvalue weighted by molar-refractivity contribution is 0.0825. The normalized spacial score (nSPS) is 14.5. The zero-order valence-electron chi connectivity index (χ0n) is 22.8. The Morgan fingerprint density at radius 2 is 1.79 bits per heavy atom. The third-order valence-corrected chi connectivity index (χ3v) is 7.01. The van der Waals surface area contributed by atoms with Crippen molar-refractivity contribution in [2.24, 2.45) is 0 Å². The molecule has 2 aromatic heterocycles. The number of rotatable bonds is 8. The van der Waals surface area contributed by atoms with E-state index in [1.165, 1.54) is 22.9 Å². The first-order valence-electron chi connectivity index (χ1n) is 13.2. The number of nitrogens with zero attached hydrogens (tertiary/aromatic N) is 5. The Kier molecular flexibility index (Phi) is 7.76. The van der Waals surface area contributed by atoms with Crippen LogP contribution < -0.4 is 10.1 Å². The fourth-order valence-electron chi connectivity index (χ4n) is 4.78. The zero-order valence-corrected chi connectivity index (χ0v) is 22.8. The molecule has 1 aliphatic heterocycles. The molecule has 9 nitrogen and oxygen atoms in total. The second-order valence-corrected chi connectivity index (χ2v) is 10.0. The predicted octanol–water partition coefficient (Wildman–Crippen LogP) is 4.78. The van der Waals surface area contributed by atoms with E-state index >= 15 is 4.39 Å². The summed E-state index contributed by atoms with van der Waals surface area (Å²) >= 11 is 0. The van der Waals surface area contributed by atoms with Gasteiger partial charge in [0.2, 0.25) is 5.88 Å². The van der Waals surface area contributed by atoms with Gasteiger partial charge in [0, 0.05) is 69.1 Å². The number of aryl methyl sites for hydroxylation is 1. The highest BCUT2D eigenvalue weighted by atomic mass is 19.1. The Labute approximate surface area is 227 Å². The molecule has 2 N–H and O–H groups in total. The maximum absolute atomic E-state index is 15.2. The van der Waals surface area contributed by atoms with Gasteiger partial charge in [-0.25, -0.2) is 14.4 Å². The summed E-state index contributed by atoms with van der Waals surface area (Å²) in [5, 5.41) is 3.64. The first kappa shape index (κ1) is 26.6. The molecule has 204 valence electrons. The molecule has 0 unspecified atom stereocenters. The first-order chi connectivity index (χ1) is 18.8. The highest BCUT2D eigenvalue weighted by Crippen LogP contribution is 2.34. The summed E-state index contributed by atoms with van der Waals surface area (Å²) in [4.78, 5) is 31.2. The number of nitrogens with one attached hydrogen (secondary N) is 2. The number of anilines is 2. The lowest BCUT2D eigenvalue weighted by Crippen LogP contribution is -2.45. The summed E-state index contributed by atoms with van der Waals surface area (Å²) in [6, 6.07) is 13.0. The van der Waals surface area contributed by atoms with Gasteiger partial charge in [-0.3, -0.25) is 9.69 Å². The highest BCUT2D eigenvalue weighted by Gasteiger charge is 2.24. The Morgan fingerprint density at radius 3 is 2.49 bits per heavy atom. The molecule has 1 amide bonds. The average molecular weight is 532 g/mol. The molecule has 39 heavy (non-hydrogen) atoms. The van der Waals surface area contributed by atoms with Gasteiger partial charge >= 0.3 is 0 Å². The van der Waals surface area contributed by atoms with Gasteiger partial charge in [0.1, 0.15) is 11.9 Å². The van der Waals surface area contributed by atoms with E-state index < -0.39 is 5.82 Å². The molecule has 1 aliphatic rings. The van der Waals surface area contributed by atoms with E-state index in [0.717, 1.165) is 50.6 Å². The van der Waals surface area contributed by atoms with Crippen LogP contribution in [-0.2, 0) is 6.54 Å². The number of aromatic amines is 1. The molecule has 0 saturated carbocycles. The maximum atomic E-state index is 15.2. The van der Waals surface area contributed by atoms with Crippen molar-refractivity contribution in [2.75, 3.05) is 52.1 Å². The van der Waals surface area contributed by atoms with Crippen molar-refractivity contribution in [1.82, 2.24) is 29.7 Å². The van der Waals surface area contributed by atoms with Gasteiger partial charge in [0.25, 0.3) is 5.91 Å². The standard InChI is InChI=1S/C29H34FN7O2/c1-5-36-12-14-37(15-13-36)17-20-6-8-21(9-7-20)34-27-25(29(38)35(3)4)28(32-18-31-27)39-24-11-10-23-22(26(24)30)16-19(2)33-23/h6-11,16,18,33H,5,12-15,17H2,1-4H3,(H,31,32,34). The number of carbonyl (C=O) groups excluding carboxylic acids is 1. The third-order valence-electron chi connectivity index (χ3n) is 7.01. The molecule has 10 heteroatoms. The number of H-pyrrole nitrogens is 1. The molecule has 0 bridgehead atoms. The van der Waals surface area contributed by atoms with Gasteiger partial charge in [0.15, 0.2) is 17.4 Å². The average Bonchev–Trinajstić information content (AvgIpc) is 3.33. The minimum absolute atomic E-state index is 0.0249. The van der Waals surface area contributed by atoms with Crippen molar-refractivity contribution >= 4 is 28.3 Å². The Hall–Kier alpha value is -4.02. The van der Waals surface area contributed by atoms with Crippen LogP contribution in [-0.4, -0.2) is 82.4 Å². The van der Waals surface area contributed by atoms with Gasteiger partial charge in [0.05, 0.1) is 0 Å². The molecule has 2 aromatic carbocycles.